The molecule has 0 aliphatic heterocycles. The number of pyridine rings is 1. The van der Waals surface area contributed by atoms with Crippen molar-refractivity contribution in [2.24, 2.45) is 0 Å². The lowest BCUT2D eigenvalue weighted by Crippen LogP contribution is -2.30. The Morgan fingerprint density at radius 2 is 1.67 bits per heavy atom. The average molecular weight is 426 g/mol. The summed E-state index contributed by atoms with van der Waals surface area (Å²) in [6.45, 7) is 4.25. The molecule has 7 nitrogen and oxygen atoms in total. The van der Waals surface area contributed by atoms with Crippen molar-refractivity contribution in [2.75, 3.05) is 18.4 Å². The molecule has 0 unspecified atom stereocenters. The average Bonchev–Trinajstić information content (AvgIpc) is 2.77. The fourth-order valence-corrected chi connectivity index (χ4v) is 4.37. The van der Waals surface area contributed by atoms with Crippen LogP contribution in [-0.2, 0) is 10.0 Å². The normalized spacial score (nSPS) is 11.3. The first-order valence-electron chi connectivity index (χ1n) is 9.54. The summed E-state index contributed by atoms with van der Waals surface area (Å²) in [5, 5.41) is 2.76. The van der Waals surface area contributed by atoms with Gasteiger partial charge in [0.15, 0.2) is 5.75 Å². The molecule has 0 aliphatic rings. The molecule has 8 heteroatoms. The van der Waals surface area contributed by atoms with Gasteiger partial charge in [0.1, 0.15) is 5.75 Å². The zero-order valence-electron chi connectivity index (χ0n) is 16.8. The zero-order chi connectivity index (χ0) is 21.6. The standard InChI is InChI=1S/C22H23N3O4S/c1-3-25(4-2)30(27,28)19-10-11-21(29-18-8-6-5-7-9-18)20(16-19)24-22(26)17-12-14-23-15-13-17/h5-16H,3-4H2,1-2H3,(H,24,26). The smallest absolute Gasteiger partial charge is 0.255 e. The fraction of sp³-hybridized carbons (Fsp3) is 0.182. The third-order valence-electron chi connectivity index (χ3n) is 4.46. The van der Waals surface area contributed by atoms with E-state index in [1.54, 1.807) is 44.2 Å². The van der Waals surface area contributed by atoms with E-state index in [1.807, 2.05) is 18.2 Å². The van der Waals surface area contributed by atoms with Gasteiger partial charge >= 0.3 is 0 Å². The third-order valence-corrected chi connectivity index (χ3v) is 6.50. The molecule has 3 aromatic rings. The van der Waals surface area contributed by atoms with E-state index in [0.29, 0.717) is 30.2 Å². The molecule has 0 aliphatic carbocycles. The Hall–Kier alpha value is -3.23. The highest BCUT2D eigenvalue weighted by Gasteiger charge is 2.23. The molecule has 0 radical (unpaired) electrons. The summed E-state index contributed by atoms with van der Waals surface area (Å²) in [7, 11) is -3.70. The van der Waals surface area contributed by atoms with Crippen LogP contribution in [0.15, 0.2) is 78.0 Å². The number of nitrogens with one attached hydrogen (secondary N) is 1. The summed E-state index contributed by atoms with van der Waals surface area (Å²) < 4.78 is 33.1. The second-order valence-corrected chi connectivity index (χ2v) is 8.29. The van der Waals surface area contributed by atoms with Gasteiger partial charge in [0.2, 0.25) is 10.0 Å². The fourth-order valence-electron chi connectivity index (χ4n) is 2.88. The van der Waals surface area contributed by atoms with Gasteiger partial charge < -0.3 is 10.1 Å². The van der Waals surface area contributed by atoms with E-state index in [2.05, 4.69) is 10.3 Å². The maximum absolute atomic E-state index is 12.9. The summed E-state index contributed by atoms with van der Waals surface area (Å²) >= 11 is 0. The molecule has 1 N–H and O–H groups in total. The van der Waals surface area contributed by atoms with E-state index >= 15 is 0 Å². The zero-order valence-corrected chi connectivity index (χ0v) is 17.6. The van der Waals surface area contributed by atoms with Crippen LogP contribution in [0.25, 0.3) is 0 Å². The maximum atomic E-state index is 12.9. The number of para-hydroxylation sites is 1. The molecule has 1 aromatic heterocycles. The summed E-state index contributed by atoms with van der Waals surface area (Å²) in [6, 6.07) is 16.6. The van der Waals surface area contributed by atoms with Crippen LogP contribution in [0, 0.1) is 0 Å². The highest BCUT2D eigenvalue weighted by molar-refractivity contribution is 7.89. The molecule has 0 spiro atoms. The van der Waals surface area contributed by atoms with Gasteiger partial charge in [-0.1, -0.05) is 32.0 Å². The number of ether oxygens (including phenoxy) is 1. The van der Waals surface area contributed by atoms with E-state index in [1.165, 1.54) is 28.8 Å². The molecule has 30 heavy (non-hydrogen) atoms. The number of hydrogen-bond donors (Lipinski definition) is 1. The number of aromatic nitrogens is 1. The second-order valence-electron chi connectivity index (χ2n) is 6.35. The van der Waals surface area contributed by atoms with Gasteiger partial charge in [-0.3, -0.25) is 9.78 Å². The first-order valence-corrected chi connectivity index (χ1v) is 11.0. The van der Waals surface area contributed by atoms with Crippen molar-refractivity contribution >= 4 is 21.6 Å². The van der Waals surface area contributed by atoms with Crippen LogP contribution in [0.1, 0.15) is 24.2 Å². The van der Waals surface area contributed by atoms with Gasteiger partial charge in [-0.2, -0.15) is 4.31 Å². The Bertz CT molecular complexity index is 1100. The highest BCUT2D eigenvalue weighted by Crippen LogP contribution is 2.33. The number of amides is 1. The van der Waals surface area contributed by atoms with Crippen molar-refractivity contribution in [2.45, 2.75) is 18.7 Å². The van der Waals surface area contributed by atoms with Crippen LogP contribution in [0.3, 0.4) is 0 Å². The van der Waals surface area contributed by atoms with Crippen LogP contribution < -0.4 is 10.1 Å². The number of nitrogens with zero attached hydrogens (tertiary/aromatic N) is 2. The maximum Gasteiger partial charge on any atom is 0.255 e. The number of carbonyl (C=O) groups excluding carboxylic acids is 1. The molecule has 156 valence electrons. The largest absolute Gasteiger partial charge is 0.455 e. The third kappa shape index (κ3) is 4.84. The molecule has 0 atom stereocenters. The van der Waals surface area contributed by atoms with Crippen LogP contribution >= 0.6 is 0 Å². The van der Waals surface area contributed by atoms with Gasteiger partial charge in [0.05, 0.1) is 10.6 Å². The molecule has 1 amide bonds. The number of benzene rings is 2. The number of hydrogen-bond acceptors (Lipinski definition) is 5. The van der Waals surface area contributed by atoms with E-state index in [-0.39, 0.29) is 10.6 Å². The Morgan fingerprint density at radius 3 is 2.30 bits per heavy atom. The summed E-state index contributed by atoms with van der Waals surface area (Å²) in [5.41, 5.74) is 0.654. The van der Waals surface area contributed by atoms with Gasteiger partial charge in [-0.15, -0.1) is 0 Å². The molecular formula is C22H23N3O4S. The van der Waals surface area contributed by atoms with Crippen molar-refractivity contribution in [3.8, 4) is 11.5 Å². The van der Waals surface area contributed by atoms with Gasteiger partial charge in [-0.05, 0) is 42.5 Å². The van der Waals surface area contributed by atoms with Gasteiger partial charge in [0, 0.05) is 31.0 Å². The van der Waals surface area contributed by atoms with E-state index < -0.39 is 15.9 Å². The van der Waals surface area contributed by atoms with E-state index in [4.69, 9.17) is 4.74 Å². The minimum Gasteiger partial charge on any atom is -0.455 e. The van der Waals surface area contributed by atoms with Crippen LogP contribution in [0.4, 0.5) is 5.69 Å². The lowest BCUT2D eigenvalue weighted by atomic mass is 10.2. The monoisotopic (exact) mass is 425 g/mol. The lowest BCUT2D eigenvalue weighted by Gasteiger charge is -2.20. The Morgan fingerprint density at radius 1 is 1.00 bits per heavy atom. The lowest BCUT2D eigenvalue weighted by molar-refractivity contribution is 0.102. The van der Waals surface area contributed by atoms with Gasteiger partial charge in [0.25, 0.3) is 5.91 Å². The van der Waals surface area contributed by atoms with E-state index in [9.17, 15) is 13.2 Å². The molecular weight excluding hydrogens is 402 g/mol. The van der Waals surface area contributed by atoms with Crippen LogP contribution in [-0.4, -0.2) is 36.7 Å². The van der Waals surface area contributed by atoms with Crippen molar-refractivity contribution < 1.29 is 17.9 Å². The minimum absolute atomic E-state index is 0.0802. The molecule has 0 saturated heterocycles. The van der Waals surface area contributed by atoms with Crippen molar-refractivity contribution in [3.05, 3.63) is 78.6 Å². The second kappa shape index (κ2) is 9.51. The predicted octanol–water partition coefficient (Wildman–Crippen LogP) is 4.16. The van der Waals surface area contributed by atoms with Crippen molar-refractivity contribution in [1.82, 2.24) is 9.29 Å². The Kier molecular flexibility index (Phi) is 6.81. The number of sulfonamides is 1. The molecule has 0 fully saturated rings. The number of rotatable bonds is 8. The predicted molar refractivity (Wildman–Crippen MR) is 115 cm³/mol. The van der Waals surface area contributed by atoms with E-state index in [0.717, 1.165) is 0 Å². The molecule has 1 heterocycles. The first-order chi connectivity index (χ1) is 14.5. The summed E-state index contributed by atoms with van der Waals surface area (Å²) in [6.07, 6.45) is 3.02. The topological polar surface area (TPSA) is 88.6 Å². The first kappa shape index (κ1) is 21.5. The summed E-state index contributed by atoms with van der Waals surface area (Å²) in [5.74, 6) is 0.506. The Balaban J connectivity index is 2.01. The SMILES string of the molecule is CCN(CC)S(=O)(=O)c1ccc(Oc2ccccc2)c(NC(=O)c2ccncc2)c1. The van der Waals surface area contributed by atoms with Crippen LogP contribution in [0.2, 0.25) is 0 Å². The molecule has 3 rings (SSSR count). The van der Waals surface area contributed by atoms with Crippen LogP contribution in [0.5, 0.6) is 11.5 Å². The molecule has 2 aromatic carbocycles. The number of anilines is 1. The summed E-state index contributed by atoms with van der Waals surface area (Å²) in [4.78, 5) is 16.7. The van der Waals surface area contributed by atoms with Gasteiger partial charge in [-0.25, -0.2) is 8.42 Å². The Labute approximate surface area is 176 Å². The number of carbonyl (C=O) groups is 1. The minimum atomic E-state index is -3.70. The molecule has 0 bridgehead atoms. The highest BCUT2D eigenvalue weighted by atomic mass is 32.2. The van der Waals surface area contributed by atoms with Crippen molar-refractivity contribution in [3.63, 3.8) is 0 Å². The molecule has 0 saturated carbocycles. The quantitative estimate of drug-likeness (QED) is 0.585. The van der Waals surface area contributed by atoms with Crippen molar-refractivity contribution in [1.29, 1.82) is 0 Å².